The van der Waals surface area contributed by atoms with Crippen LogP contribution in [0, 0.1) is 6.92 Å². The number of benzene rings is 2. The Kier molecular flexibility index (Phi) is 21.5. The number of para-hydroxylation sites is 1. The first-order valence-electron chi connectivity index (χ1n) is 24.5. The van der Waals surface area contributed by atoms with Crippen LogP contribution in [-0.4, -0.2) is 105 Å². The molecule has 2 fully saturated rings. The van der Waals surface area contributed by atoms with Crippen molar-refractivity contribution >= 4 is 63.2 Å². The molecule has 394 valence electrons. The van der Waals surface area contributed by atoms with E-state index in [9.17, 15) is 37.2 Å². The van der Waals surface area contributed by atoms with E-state index in [2.05, 4.69) is 20.3 Å². The Morgan fingerprint density at radius 1 is 0.764 bits per heavy atom. The number of halogens is 1. The third kappa shape index (κ3) is 16.8. The van der Waals surface area contributed by atoms with Gasteiger partial charge in [-0.05, 0) is 74.8 Å². The Hall–Kier alpha value is -5.99. The zero-order valence-electron chi connectivity index (χ0n) is 41.8. The Morgan fingerprint density at radius 2 is 1.39 bits per heavy atom. The number of aryl methyl sites for hydroxylation is 1. The number of carbonyl (C=O) groups excluding carboxylic acids is 6. The van der Waals surface area contributed by atoms with Crippen LogP contribution in [0.15, 0.2) is 54.9 Å². The average Bonchev–Trinajstić information content (AvgIpc) is 4.33. The Bertz CT molecular complexity index is 2480. The lowest BCUT2D eigenvalue weighted by molar-refractivity contribution is -0.195. The summed E-state index contributed by atoms with van der Waals surface area (Å²) in [7, 11) is -3.95. The first-order chi connectivity index (χ1) is 34.5. The van der Waals surface area contributed by atoms with Gasteiger partial charge >= 0.3 is 35.9 Å². The maximum Gasteiger partial charge on any atom is 0.315 e. The number of rotatable bonds is 30. The number of pyridine rings is 1. The lowest BCUT2D eigenvalue weighted by atomic mass is 9.96. The second kappa shape index (κ2) is 27.2. The van der Waals surface area contributed by atoms with Crippen LogP contribution in [0.5, 0.6) is 5.75 Å². The van der Waals surface area contributed by atoms with Crippen molar-refractivity contribution in [2.24, 2.45) is 0 Å². The molecular weight excluding hydrogens is 976 g/mol. The van der Waals surface area contributed by atoms with Gasteiger partial charge in [0.2, 0.25) is 10.0 Å². The first kappa shape index (κ1) is 56.9. The maximum atomic E-state index is 13.5. The third-order valence-electron chi connectivity index (χ3n) is 11.9. The number of hydrogen-bond acceptors (Lipinski definition) is 16. The summed E-state index contributed by atoms with van der Waals surface area (Å²) in [6.07, 6.45) is 2.25. The Labute approximate surface area is 426 Å². The summed E-state index contributed by atoms with van der Waals surface area (Å²) >= 11 is 6.90. The number of sulfonamides is 1. The fraction of sp³-hybridized carbons (Fsp3) is 0.549. The third-order valence-corrected chi connectivity index (χ3v) is 13.7. The molecule has 1 aromatic heterocycles. The molecule has 2 aliphatic rings. The molecule has 21 heteroatoms. The molecule has 4 atom stereocenters. The van der Waals surface area contributed by atoms with Gasteiger partial charge in [-0.2, -0.15) is 0 Å². The Balaban J connectivity index is 1.23. The fourth-order valence-electron chi connectivity index (χ4n) is 7.43. The maximum absolute atomic E-state index is 13.5. The largest absolute Gasteiger partial charge is 0.490 e. The molecule has 2 aromatic carbocycles. The van der Waals surface area contributed by atoms with Crippen LogP contribution in [0.1, 0.15) is 122 Å². The molecule has 2 saturated carbocycles. The molecule has 0 bridgehead atoms. The summed E-state index contributed by atoms with van der Waals surface area (Å²) in [5, 5.41) is 5.42. The van der Waals surface area contributed by atoms with Crippen LogP contribution in [0.25, 0.3) is 11.1 Å². The molecule has 3 N–H and O–H groups in total. The number of nitrogens with zero attached hydrogens (tertiary/aromatic N) is 1. The molecule has 0 saturated heterocycles. The molecule has 72 heavy (non-hydrogen) atoms. The van der Waals surface area contributed by atoms with Gasteiger partial charge in [0.1, 0.15) is 25.0 Å². The quantitative estimate of drug-likeness (QED) is 0.0332. The molecule has 0 radical (unpaired) electrons. The molecule has 2 aliphatic carbocycles. The monoisotopic (exact) mass is 1040 g/mol. The highest BCUT2D eigenvalue weighted by molar-refractivity contribution is 7.92. The number of esters is 5. The van der Waals surface area contributed by atoms with Crippen molar-refractivity contribution in [3.8, 4) is 16.9 Å². The number of urea groups is 1. The van der Waals surface area contributed by atoms with Crippen LogP contribution < -0.4 is 20.1 Å². The van der Waals surface area contributed by atoms with Crippen LogP contribution in [0.2, 0.25) is 5.02 Å². The topological polar surface area (TPSA) is 250 Å². The number of hydrogen-bond donors (Lipinski definition) is 3. The number of anilines is 1. The number of nitrogens with one attached hydrogen (secondary N) is 3. The van der Waals surface area contributed by atoms with Crippen LogP contribution in [-0.2, 0) is 74.6 Å². The molecule has 0 unspecified atom stereocenters. The fourth-order valence-corrected chi connectivity index (χ4v) is 8.99. The van der Waals surface area contributed by atoms with E-state index in [0.717, 1.165) is 53.7 Å². The highest BCUT2D eigenvalue weighted by atomic mass is 35.5. The number of unbranched alkanes of at least 4 members (excludes halogenated alkanes) is 1. The van der Waals surface area contributed by atoms with E-state index in [4.69, 9.17) is 44.8 Å². The second-order valence-corrected chi connectivity index (χ2v) is 19.7. The van der Waals surface area contributed by atoms with E-state index in [1.807, 2.05) is 43.5 Å². The summed E-state index contributed by atoms with van der Waals surface area (Å²) in [6, 6.07) is 11.0. The predicted molar refractivity (Wildman–Crippen MR) is 265 cm³/mol. The molecule has 19 nitrogen and oxygen atoms in total. The van der Waals surface area contributed by atoms with Gasteiger partial charge in [-0.15, -0.1) is 0 Å². The van der Waals surface area contributed by atoms with Gasteiger partial charge in [-0.1, -0.05) is 70.5 Å². The number of ether oxygens (including phenoxy) is 7. The van der Waals surface area contributed by atoms with E-state index < -0.39 is 89.1 Å². The van der Waals surface area contributed by atoms with E-state index >= 15 is 0 Å². The first-order valence-corrected chi connectivity index (χ1v) is 26.6. The van der Waals surface area contributed by atoms with E-state index in [0.29, 0.717) is 5.56 Å². The van der Waals surface area contributed by atoms with Crippen molar-refractivity contribution in [1.82, 2.24) is 15.6 Å². The van der Waals surface area contributed by atoms with Crippen molar-refractivity contribution in [2.45, 2.75) is 155 Å². The molecule has 1 heterocycles. The number of amides is 2. The van der Waals surface area contributed by atoms with E-state index in [1.165, 1.54) is 34.6 Å². The van der Waals surface area contributed by atoms with Crippen LogP contribution in [0.4, 0.5) is 10.5 Å². The zero-order valence-corrected chi connectivity index (χ0v) is 43.3. The zero-order chi connectivity index (χ0) is 52.4. The van der Waals surface area contributed by atoms with Gasteiger partial charge in [0.25, 0.3) is 0 Å². The summed E-state index contributed by atoms with van der Waals surface area (Å²) in [5.41, 5.74) is 3.87. The molecule has 3 aromatic rings. The lowest BCUT2D eigenvalue weighted by Crippen LogP contribution is -2.59. The van der Waals surface area contributed by atoms with Crippen LogP contribution in [0.3, 0.4) is 0 Å². The normalized spacial score (nSPS) is 15.4. The summed E-state index contributed by atoms with van der Waals surface area (Å²) in [6.45, 7) is 8.30. The Morgan fingerprint density at radius 3 is 2.03 bits per heavy atom. The average molecular weight is 1040 g/mol. The minimum Gasteiger partial charge on any atom is -0.490 e. The molecule has 2 amide bonds. The van der Waals surface area contributed by atoms with E-state index in [-0.39, 0.29) is 80.7 Å². The highest BCUT2D eigenvalue weighted by Crippen LogP contribution is 2.53. The van der Waals surface area contributed by atoms with Gasteiger partial charge in [-0.3, -0.25) is 33.7 Å². The summed E-state index contributed by atoms with van der Waals surface area (Å²) in [5.74, 6) is -3.28. The predicted octanol–water partition coefficient (Wildman–Crippen LogP) is 7.52. The minimum absolute atomic E-state index is 0.0352. The van der Waals surface area contributed by atoms with Crippen molar-refractivity contribution in [2.75, 3.05) is 30.2 Å². The second-order valence-electron chi connectivity index (χ2n) is 17.4. The van der Waals surface area contributed by atoms with Gasteiger partial charge in [-0.25, -0.2) is 13.2 Å². The summed E-state index contributed by atoms with van der Waals surface area (Å²) < 4.78 is 69.9. The SMILES string of the molecule is CCC(=O)OC[C@H](NC(=O)NCCCCS(=O)(=O)Nc1ccc(C)c(COC2(c3cnccc3-c3ccccc3OC3CC3)CC2)c1Cl)[C@@H](OC(=O)CC)[C@H](OC(=O)CC)[C@@H](COC(=O)CC)OC(=O)CC. The van der Waals surface area contributed by atoms with Gasteiger partial charge in [0.05, 0.1) is 34.8 Å². The van der Waals surface area contributed by atoms with Gasteiger partial charge < -0.3 is 43.8 Å². The molecule has 0 aliphatic heterocycles. The van der Waals surface area contributed by atoms with Gasteiger partial charge in [0, 0.05) is 67.7 Å². The number of carbonyl (C=O) groups is 6. The van der Waals surface area contributed by atoms with E-state index in [1.54, 1.807) is 18.3 Å². The standard InChI is InChI=1S/C51H67ClN4O15S/c1-7-42(57)65-30-39(48(70-45(60)10-4)49(71-46(61)11-5)41(69-44(59)9-3)31-66-43(58)8-2)55-50(62)54-25-14-15-27-72(63,64)56-38-21-18-32(6)36(47(38)52)29-67-51(23-24-51)37-28-53-26-22-34(37)35-16-12-13-17-40(35)68-33-19-20-33/h12-13,16-18,21-22,26,28,33,39,41,48-49,56H,7-11,14-15,19-20,23-25,27,29-31H2,1-6H3,(H2,54,55,62)/t39-,41+,48+,49+/m0/s1. The molecule has 5 rings (SSSR count). The summed E-state index contributed by atoms with van der Waals surface area (Å²) in [4.78, 5) is 80.9. The minimum atomic E-state index is -3.95. The molecular formula is C51H67ClN4O15S. The van der Waals surface area contributed by atoms with Crippen molar-refractivity contribution in [3.05, 3.63) is 76.6 Å². The van der Waals surface area contributed by atoms with Crippen molar-refractivity contribution in [3.63, 3.8) is 0 Å². The molecule has 0 spiro atoms. The lowest BCUT2D eigenvalue weighted by Gasteiger charge is -2.36. The number of aromatic nitrogens is 1. The van der Waals surface area contributed by atoms with Crippen molar-refractivity contribution in [1.29, 1.82) is 0 Å². The smallest absolute Gasteiger partial charge is 0.315 e. The van der Waals surface area contributed by atoms with Crippen LogP contribution >= 0.6 is 11.6 Å². The van der Waals surface area contributed by atoms with Crippen molar-refractivity contribution < 1.29 is 70.3 Å². The highest BCUT2D eigenvalue weighted by Gasteiger charge is 2.48. The van der Waals surface area contributed by atoms with Gasteiger partial charge in [0.15, 0.2) is 18.3 Å².